The lowest BCUT2D eigenvalue weighted by atomic mass is 9.97. The fraction of sp³-hybridized carbons (Fsp3) is 0.462. The number of aromatic nitrogens is 5. The van der Waals surface area contributed by atoms with Crippen LogP contribution < -0.4 is 10.1 Å². The van der Waals surface area contributed by atoms with Crippen LogP contribution in [0.5, 0.6) is 5.88 Å². The summed E-state index contributed by atoms with van der Waals surface area (Å²) >= 11 is 0. The average molecular weight is 460 g/mol. The highest BCUT2D eigenvalue weighted by Crippen LogP contribution is 2.32. The van der Waals surface area contributed by atoms with Gasteiger partial charge in [-0.05, 0) is 76.6 Å². The van der Waals surface area contributed by atoms with Gasteiger partial charge in [-0.15, -0.1) is 0 Å². The molecule has 0 spiro atoms. The van der Waals surface area contributed by atoms with E-state index in [2.05, 4.69) is 82.1 Å². The Hall–Kier alpha value is -3.26. The third-order valence-corrected chi connectivity index (χ3v) is 6.90. The molecule has 0 radical (unpaired) electrons. The maximum atomic E-state index is 6.43. The molecule has 0 bridgehead atoms. The second kappa shape index (κ2) is 9.54. The Bertz CT molecular complexity index is 1280. The first-order valence-electron chi connectivity index (χ1n) is 12.2. The number of fused-ring (bicyclic) bond motifs is 2. The number of hydrogen-bond acceptors (Lipinski definition) is 7. The summed E-state index contributed by atoms with van der Waals surface area (Å²) in [5.41, 5.74) is 3.51. The summed E-state index contributed by atoms with van der Waals surface area (Å²) in [6.45, 7) is 11.7. The molecule has 0 amide bonds. The van der Waals surface area contributed by atoms with E-state index in [9.17, 15) is 0 Å². The lowest BCUT2D eigenvalue weighted by Gasteiger charge is -2.34. The van der Waals surface area contributed by atoms with E-state index in [1.54, 1.807) is 6.33 Å². The zero-order valence-electron chi connectivity index (χ0n) is 20.4. The molecule has 178 valence electrons. The van der Waals surface area contributed by atoms with E-state index in [4.69, 9.17) is 9.72 Å². The highest BCUT2D eigenvalue weighted by Gasteiger charge is 2.22. The maximum absolute atomic E-state index is 6.43. The van der Waals surface area contributed by atoms with Crippen molar-refractivity contribution in [1.29, 1.82) is 0 Å². The van der Waals surface area contributed by atoms with Crippen LogP contribution in [-0.4, -0.2) is 55.6 Å². The highest BCUT2D eigenvalue weighted by atomic mass is 16.5. The molecule has 0 saturated carbocycles. The first-order valence-corrected chi connectivity index (χ1v) is 12.2. The second-order valence-electron chi connectivity index (χ2n) is 9.60. The second-order valence-corrected chi connectivity index (χ2v) is 9.60. The quantitative estimate of drug-likeness (QED) is 0.407. The Balaban J connectivity index is 1.38. The summed E-state index contributed by atoms with van der Waals surface area (Å²) in [6, 6.07) is 8.99. The Labute approximate surface area is 200 Å². The number of imidazole rings is 1. The van der Waals surface area contributed by atoms with E-state index in [1.165, 1.54) is 24.7 Å². The third kappa shape index (κ3) is 4.55. The fourth-order valence-electron chi connectivity index (χ4n) is 4.78. The van der Waals surface area contributed by atoms with Gasteiger partial charge < -0.3 is 19.9 Å². The molecular formula is C26H33N7O. The molecule has 1 fully saturated rings. The van der Waals surface area contributed by atoms with Crippen LogP contribution in [0.2, 0.25) is 0 Å². The van der Waals surface area contributed by atoms with Gasteiger partial charge in [0.05, 0.1) is 24.7 Å². The summed E-state index contributed by atoms with van der Waals surface area (Å²) in [6.07, 6.45) is 5.50. The summed E-state index contributed by atoms with van der Waals surface area (Å²) < 4.78 is 6.43. The monoisotopic (exact) mass is 459 g/mol. The van der Waals surface area contributed by atoms with E-state index in [-0.39, 0.29) is 6.04 Å². The number of nitrogens with zero attached hydrogens (tertiary/aromatic N) is 5. The molecule has 1 aromatic carbocycles. The number of benzene rings is 1. The summed E-state index contributed by atoms with van der Waals surface area (Å²) in [5.74, 6) is 1.96. The first kappa shape index (κ1) is 22.5. The number of rotatable bonds is 7. The number of anilines is 1. The normalized spacial score (nSPS) is 16.4. The van der Waals surface area contributed by atoms with E-state index in [1.807, 2.05) is 0 Å². The smallest absolute Gasteiger partial charge is 0.221 e. The summed E-state index contributed by atoms with van der Waals surface area (Å²) in [7, 11) is 0. The molecule has 1 unspecified atom stereocenters. The molecule has 8 nitrogen and oxygen atoms in total. The van der Waals surface area contributed by atoms with Gasteiger partial charge in [-0.2, -0.15) is 0 Å². The molecule has 1 aliphatic rings. The van der Waals surface area contributed by atoms with Crippen molar-refractivity contribution in [3.05, 3.63) is 48.2 Å². The molecule has 4 aromatic rings. The van der Waals surface area contributed by atoms with E-state index < -0.39 is 0 Å². The van der Waals surface area contributed by atoms with Crippen molar-refractivity contribution in [3.8, 4) is 5.88 Å². The van der Waals surface area contributed by atoms with Crippen LogP contribution in [0, 0.1) is 12.8 Å². The van der Waals surface area contributed by atoms with Crippen LogP contribution >= 0.6 is 0 Å². The minimum atomic E-state index is -0.0867. The van der Waals surface area contributed by atoms with Crippen molar-refractivity contribution < 1.29 is 4.74 Å². The Morgan fingerprint density at radius 2 is 1.97 bits per heavy atom. The van der Waals surface area contributed by atoms with Crippen molar-refractivity contribution in [2.24, 2.45) is 5.92 Å². The number of piperidine rings is 1. The third-order valence-electron chi connectivity index (χ3n) is 6.90. The first-order chi connectivity index (χ1) is 16.5. The molecule has 1 aliphatic heterocycles. The van der Waals surface area contributed by atoms with Crippen molar-refractivity contribution >= 4 is 27.8 Å². The molecule has 34 heavy (non-hydrogen) atoms. The lowest BCUT2D eigenvalue weighted by molar-refractivity contribution is 0.118. The van der Waals surface area contributed by atoms with Gasteiger partial charge >= 0.3 is 0 Å². The summed E-state index contributed by atoms with van der Waals surface area (Å²) in [5, 5.41) is 5.68. The van der Waals surface area contributed by atoms with Crippen LogP contribution in [0.25, 0.3) is 21.9 Å². The molecule has 0 aliphatic carbocycles. The lowest BCUT2D eigenvalue weighted by Crippen LogP contribution is -2.39. The van der Waals surface area contributed by atoms with Crippen molar-refractivity contribution in [1.82, 2.24) is 29.8 Å². The zero-order chi connectivity index (χ0) is 23.7. The van der Waals surface area contributed by atoms with Gasteiger partial charge in [0.2, 0.25) is 5.88 Å². The van der Waals surface area contributed by atoms with Gasteiger partial charge in [-0.1, -0.05) is 18.2 Å². The Morgan fingerprint density at radius 3 is 2.76 bits per heavy atom. The van der Waals surface area contributed by atoms with Crippen LogP contribution in [0.3, 0.4) is 0 Å². The molecule has 1 atom stereocenters. The SMILES string of the molecule is Cc1cccc2cc(C(C)Nc3ncnc4[nH]cnc34)nc(OCC3CCN(C(C)C)CC3)c12. The topological polar surface area (TPSA) is 91.9 Å². The van der Waals surface area contributed by atoms with E-state index in [0.29, 0.717) is 30.0 Å². The van der Waals surface area contributed by atoms with Gasteiger partial charge in [-0.25, -0.2) is 19.9 Å². The van der Waals surface area contributed by atoms with Gasteiger partial charge in [0.15, 0.2) is 11.5 Å². The van der Waals surface area contributed by atoms with Crippen LogP contribution in [-0.2, 0) is 0 Å². The number of hydrogen-bond donors (Lipinski definition) is 2. The zero-order valence-corrected chi connectivity index (χ0v) is 20.4. The van der Waals surface area contributed by atoms with E-state index >= 15 is 0 Å². The highest BCUT2D eigenvalue weighted by molar-refractivity contribution is 5.90. The summed E-state index contributed by atoms with van der Waals surface area (Å²) in [4.78, 5) is 23.5. The Morgan fingerprint density at radius 1 is 1.15 bits per heavy atom. The Kier molecular flexibility index (Phi) is 6.32. The number of nitrogens with one attached hydrogen (secondary N) is 2. The number of ether oxygens (including phenoxy) is 1. The minimum absolute atomic E-state index is 0.0867. The average Bonchev–Trinajstić information content (AvgIpc) is 3.33. The molecule has 4 heterocycles. The van der Waals surface area contributed by atoms with E-state index in [0.717, 1.165) is 41.0 Å². The molecule has 1 saturated heterocycles. The largest absolute Gasteiger partial charge is 0.477 e. The van der Waals surface area contributed by atoms with Crippen molar-refractivity contribution in [3.63, 3.8) is 0 Å². The maximum Gasteiger partial charge on any atom is 0.221 e. The number of aryl methyl sites for hydroxylation is 1. The number of pyridine rings is 1. The number of likely N-dealkylation sites (tertiary alicyclic amines) is 1. The van der Waals surface area contributed by atoms with Gasteiger partial charge in [0, 0.05) is 11.4 Å². The predicted octanol–water partition coefficient (Wildman–Crippen LogP) is 4.88. The number of H-pyrrole nitrogens is 1. The van der Waals surface area contributed by atoms with Gasteiger partial charge in [0.1, 0.15) is 11.8 Å². The number of aromatic amines is 1. The standard InChI is InChI=1S/C26H33N7O/c1-16(2)33-10-8-19(9-11-33)13-34-26-22-17(3)6-5-7-20(22)12-21(32-26)18(4)31-25-23-24(28-14-27-23)29-15-30-25/h5-7,12,14-16,18-19H,8-11,13H2,1-4H3,(H2,27,28,29,30,31). The molecule has 5 rings (SSSR count). The predicted molar refractivity (Wildman–Crippen MR) is 135 cm³/mol. The van der Waals surface area contributed by atoms with Crippen LogP contribution in [0.15, 0.2) is 36.9 Å². The fourth-order valence-corrected chi connectivity index (χ4v) is 4.78. The van der Waals surface area contributed by atoms with Gasteiger partial charge in [0.25, 0.3) is 0 Å². The van der Waals surface area contributed by atoms with Crippen molar-refractivity contribution in [2.45, 2.75) is 52.6 Å². The molecular weight excluding hydrogens is 426 g/mol. The van der Waals surface area contributed by atoms with Crippen molar-refractivity contribution in [2.75, 3.05) is 25.0 Å². The van der Waals surface area contributed by atoms with Gasteiger partial charge in [-0.3, -0.25) is 0 Å². The minimum Gasteiger partial charge on any atom is -0.477 e. The molecule has 2 N–H and O–H groups in total. The van der Waals surface area contributed by atoms with Crippen LogP contribution in [0.4, 0.5) is 5.82 Å². The molecule has 8 heteroatoms. The molecule has 3 aromatic heterocycles. The van der Waals surface area contributed by atoms with Crippen LogP contribution in [0.1, 0.15) is 50.9 Å².